The van der Waals surface area contributed by atoms with Crippen LogP contribution in [0.25, 0.3) is 0 Å². The van der Waals surface area contributed by atoms with E-state index in [2.05, 4.69) is 0 Å². The van der Waals surface area contributed by atoms with Crippen molar-refractivity contribution in [3.63, 3.8) is 0 Å². The second kappa shape index (κ2) is 6.31. The maximum atomic E-state index is 12.2. The number of hydrogen-bond donors (Lipinski definition) is 1. The van der Waals surface area contributed by atoms with Crippen molar-refractivity contribution < 1.29 is 9.72 Å². The van der Waals surface area contributed by atoms with Crippen LogP contribution in [0.15, 0.2) is 6.07 Å². The van der Waals surface area contributed by atoms with E-state index in [1.807, 2.05) is 0 Å². The molecular weight excluding hydrogens is 290 g/mol. The molecule has 0 spiro atoms. The van der Waals surface area contributed by atoms with Crippen LogP contribution in [0, 0.1) is 17.0 Å². The van der Waals surface area contributed by atoms with Gasteiger partial charge in [0.25, 0.3) is 11.6 Å². The Morgan fingerprint density at radius 1 is 1.53 bits per heavy atom. The Balaban J connectivity index is 0.00000180. The van der Waals surface area contributed by atoms with Crippen LogP contribution in [0.2, 0.25) is 0 Å². The Hall–Kier alpha value is -1.18. The van der Waals surface area contributed by atoms with Crippen molar-refractivity contribution in [2.75, 3.05) is 13.1 Å². The number of nitro groups is 1. The number of carbonyl (C=O) groups excluding carboxylic acids is 1. The average Bonchev–Trinajstić information content (AvgIpc) is 2.71. The average molecular weight is 306 g/mol. The highest BCUT2D eigenvalue weighted by atomic mass is 35.5. The van der Waals surface area contributed by atoms with E-state index in [1.165, 1.54) is 17.4 Å². The third-order valence-corrected chi connectivity index (χ3v) is 4.15. The lowest BCUT2D eigenvalue weighted by Gasteiger charge is -2.29. The Kier molecular flexibility index (Phi) is 5.28. The molecule has 106 valence electrons. The lowest BCUT2D eigenvalue weighted by molar-refractivity contribution is -0.385. The molecule has 1 fully saturated rings. The predicted molar refractivity (Wildman–Crippen MR) is 76.1 cm³/mol. The van der Waals surface area contributed by atoms with Crippen LogP contribution in [-0.4, -0.2) is 34.9 Å². The van der Waals surface area contributed by atoms with Crippen molar-refractivity contribution in [1.82, 2.24) is 4.90 Å². The number of nitrogens with two attached hydrogens (primary N) is 1. The first-order valence-corrected chi connectivity index (χ1v) is 6.60. The molecule has 1 aliphatic rings. The number of likely N-dealkylation sites (tertiary alicyclic amines) is 1. The van der Waals surface area contributed by atoms with Gasteiger partial charge in [-0.1, -0.05) is 0 Å². The van der Waals surface area contributed by atoms with Gasteiger partial charge in [-0.3, -0.25) is 14.9 Å². The third kappa shape index (κ3) is 3.43. The van der Waals surface area contributed by atoms with Gasteiger partial charge in [-0.05, 0) is 19.8 Å². The number of nitrogens with zero attached hydrogens (tertiary/aromatic N) is 2. The number of rotatable bonds is 2. The molecule has 1 aromatic heterocycles. The predicted octanol–water partition coefficient (Wildman–Crippen LogP) is 1.95. The standard InChI is InChI=1S/C11H15N3O3S.ClH/c1-7-9(14(16)17)6-10(18-7)11(15)13-4-2-8(12)3-5-13;/h6,8H,2-5,12H2,1H3;1H. The van der Waals surface area contributed by atoms with Crippen LogP contribution >= 0.6 is 23.7 Å². The van der Waals surface area contributed by atoms with E-state index in [0.29, 0.717) is 22.8 Å². The Morgan fingerprint density at radius 2 is 2.11 bits per heavy atom. The molecule has 1 amide bonds. The molecule has 1 aliphatic heterocycles. The van der Waals surface area contributed by atoms with Gasteiger partial charge in [0.05, 0.1) is 14.7 Å². The summed E-state index contributed by atoms with van der Waals surface area (Å²) in [5.74, 6) is -0.122. The molecule has 0 bridgehead atoms. The highest BCUT2D eigenvalue weighted by Gasteiger charge is 2.25. The zero-order valence-corrected chi connectivity index (χ0v) is 12.1. The van der Waals surface area contributed by atoms with Gasteiger partial charge in [0.15, 0.2) is 0 Å². The van der Waals surface area contributed by atoms with Gasteiger partial charge < -0.3 is 10.6 Å². The molecule has 0 unspecified atom stereocenters. The van der Waals surface area contributed by atoms with Crippen LogP contribution in [0.3, 0.4) is 0 Å². The van der Waals surface area contributed by atoms with Crippen LogP contribution in [0.4, 0.5) is 5.69 Å². The topological polar surface area (TPSA) is 89.5 Å². The van der Waals surface area contributed by atoms with Crippen LogP contribution in [0.1, 0.15) is 27.4 Å². The van der Waals surface area contributed by atoms with Gasteiger partial charge in [-0.15, -0.1) is 23.7 Å². The van der Waals surface area contributed by atoms with Gasteiger partial charge in [0, 0.05) is 25.2 Å². The third-order valence-electron chi connectivity index (χ3n) is 3.13. The summed E-state index contributed by atoms with van der Waals surface area (Å²) in [6.07, 6.45) is 1.58. The maximum Gasteiger partial charge on any atom is 0.283 e. The normalized spacial score (nSPS) is 16.0. The van der Waals surface area contributed by atoms with Gasteiger partial charge in [0.2, 0.25) is 0 Å². The Morgan fingerprint density at radius 3 is 2.58 bits per heavy atom. The molecule has 1 aromatic rings. The molecule has 0 atom stereocenters. The minimum atomic E-state index is -0.450. The number of amides is 1. The highest BCUT2D eigenvalue weighted by molar-refractivity contribution is 7.14. The number of halogens is 1. The first-order chi connectivity index (χ1) is 8.49. The second-order valence-electron chi connectivity index (χ2n) is 4.44. The Labute approximate surface area is 121 Å². The Bertz CT molecular complexity index is 484. The maximum absolute atomic E-state index is 12.2. The van der Waals surface area contributed by atoms with Crippen molar-refractivity contribution in [2.24, 2.45) is 5.73 Å². The first-order valence-electron chi connectivity index (χ1n) is 5.78. The summed E-state index contributed by atoms with van der Waals surface area (Å²) in [6, 6.07) is 1.53. The van der Waals surface area contributed by atoms with Gasteiger partial charge in [-0.2, -0.15) is 0 Å². The fraction of sp³-hybridized carbons (Fsp3) is 0.545. The van der Waals surface area contributed by atoms with Gasteiger partial charge in [-0.25, -0.2) is 0 Å². The molecule has 2 rings (SSSR count). The van der Waals surface area contributed by atoms with Crippen molar-refractivity contribution >= 4 is 35.3 Å². The quantitative estimate of drug-likeness (QED) is 0.668. The molecule has 6 nitrogen and oxygen atoms in total. The van der Waals surface area contributed by atoms with Crippen molar-refractivity contribution in [3.8, 4) is 0 Å². The summed E-state index contributed by atoms with van der Waals surface area (Å²) in [5, 5.41) is 10.7. The van der Waals surface area contributed by atoms with Crippen LogP contribution < -0.4 is 5.73 Å². The molecule has 19 heavy (non-hydrogen) atoms. The molecule has 2 heterocycles. The van der Waals surface area contributed by atoms with Gasteiger partial charge in [0.1, 0.15) is 0 Å². The minimum absolute atomic E-state index is 0. The largest absolute Gasteiger partial charge is 0.338 e. The van der Waals surface area contributed by atoms with Crippen LogP contribution in [0.5, 0.6) is 0 Å². The number of piperidine rings is 1. The zero-order chi connectivity index (χ0) is 13.3. The summed E-state index contributed by atoms with van der Waals surface area (Å²) in [6.45, 7) is 2.92. The summed E-state index contributed by atoms with van der Waals surface area (Å²) >= 11 is 1.18. The van der Waals surface area contributed by atoms with E-state index >= 15 is 0 Å². The van der Waals surface area contributed by atoms with E-state index in [1.54, 1.807) is 11.8 Å². The number of thiophene rings is 1. The van der Waals surface area contributed by atoms with Crippen molar-refractivity contribution in [2.45, 2.75) is 25.8 Å². The monoisotopic (exact) mass is 305 g/mol. The highest BCUT2D eigenvalue weighted by Crippen LogP contribution is 2.29. The van der Waals surface area contributed by atoms with E-state index < -0.39 is 4.92 Å². The summed E-state index contributed by atoms with van der Waals surface area (Å²) < 4.78 is 0. The van der Waals surface area contributed by atoms with Crippen molar-refractivity contribution in [1.29, 1.82) is 0 Å². The first kappa shape index (κ1) is 15.9. The molecular formula is C11H16ClN3O3S. The molecule has 0 saturated carbocycles. The molecule has 8 heteroatoms. The minimum Gasteiger partial charge on any atom is -0.338 e. The van der Waals surface area contributed by atoms with E-state index in [9.17, 15) is 14.9 Å². The van der Waals surface area contributed by atoms with Gasteiger partial charge >= 0.3 is 0 Å². The molecule has 0 aromatic carbocycles. The van der Waals surface area contributed by atoms with E-state index in [-0.39, 0.29) is 30.0 Å². The second-order valence-corrected chi connectivity index (χ2v) is 5.70. The SMILES string of the molecule is Cc1sc(C(=O)N2CCC(N)CC2)cc1[N+](=O)[O-].Cl. The molecule has 0 radical (unpaired) electrons. The van der Waals surface area contributed by atoms with E-state index in [4.69, 9.17) is 5.73 Å². The summed E-state index contributed by atoms with van der Waals surface area (Å²) in [4.78, 5) is 25.2. The molecule has 1 saturated heterocycles. The number of aryl methyl sites for hydroxylation is 1. The fourth-order valence-corrected chi connectivity index (χ4v) is 2.97. The lowest BCUT2D eigenvalue weighted by atomic mass is 10.1. The van der Waals surface area contributed by atoms with Crippen molar-refractivity contribution in [3.05, 3.63) is 25.9 Å². The zero-order valence-electron chi connectivity index (χ0n) is 10.5. The number of hydrogen-bond acceptors (Lipinski definition) is 5. The van der Waals surface area contributed by atoms with Crippen LogP contribution in [-0.2, 0) is 0 Å². The smallest absolute Gasteiger partial charge is 0.283 e. The fourth-order valence-electron chi connectivity index (χ4n) is 2.02. The van der Waals surface area contributed by atoms with E-state index in [0.717, 1.165) is 12.8 Å². The lowest BCUT2D eigenvalue weighted by Crippen LogP contribution is -2.42. The molecule has 0 aliphatic carbocycles. The molecule has 2 N–H and O–H groups in total. The summed E-state index contributed by atoms with van der Waals surface area (Å²) in [5.41, 5.74) is 5.80. The number of carbonyl (C=O) groups is 1. The summed E-state index contributed by atoms with van der Waals surface area (Å²) in [7, 11) is 0.